The molecule has 1 heterocycles. The fourth-order valence-electron chi connectivity index (χ4n) is 1.32. The summed E-state index contributed by atoms with van der Waals surface area (Å²) in [7, 11) is 0. The third-order valence-electron chi connectivity index (χ3n) is 1.98. The highest BCUT2D eigenvalue weighted by atomic mass is 35.5. The third kappa shape index (κ3) is 1.67. The average molecular weight is 341 g/mol. The molecule has 1 aromatic rings. The van der Waals surface area contributed by atoms with Crippen molar-refractivity contribution in [2.24, 2.45) is 0 Å². The topological polar surface area (TPSA) is 26.3 Å². The third-order valence-corrected chi connectivity index (χ3v) is 4.32. The van der Waals surface area contributed by atoms with Crippen LogP contribution in [-0.4, -0.2) is 5.97 Å². The van der Waals surface area contributed by atoms with Crippen LogP contribution in [0.2, 0.25) is 20.1 Å². The molecule has 2 rings (SSSR count). The molecule has 0 aliphatic carbocycles. The van der Waals surface area contributed by atoms with Crippen LogP contribution in [0.15, 0.2) is 0 Å². The van der Waals surface area contributed by atoms with Gasteiger partial charge in [0, 0.05) is 0 Å². The van der Waals surface area contributed by atoms with E-state index in [-0.39, 0.29) is 31.2 Å². The van der Waals surface area contributed by atoms with Crippen LogP contribution in [0.1, 0.15) is 15.9 Å². The first kappa shape index (κ1) is 12.9. The first-order valence-corrected chi connectivity index (χ1v) is 6.01. The quantitative estimate of drug-likeness (QED) is 0.285. The number of cyclic esters (lactones) is 1. The summed E-state index contributed by atoms with van der Waals surface area (Å²) in [6.07, 6.45) is 0. The summed E-state index contributed by atoms with van der Waals surface area (Å²) in [6.45, 7) is 0. The van der Waals surface area contributed by atoms with Gasteiger partial charge in [-0.25, -0.2) is 4.79 Å². The normalized spacial score (nSPS) is 17.2. The van der Waals surface area contributed by atoms with Gasteiger partial charge in [-0.15, -0.1) is 0 Å². The van der Waals surface area contributed by atoms with Gasteiger partial charge in [-0.05, 0) is 0 Å². The van der Waals surface area contributed by atoms with Gasteiger partial charge in [0.15, 0.2) is 0 Å². The molecule has 1 aliphatic rings. The Morgan fingerprint density at radius 3 is 1.94 bits per heavy atom. The van der Waals surface area contributed by atoms with E-state index in [4.69, 9.17) is 74.3 Å². The van der Waals surface area contributed by atoms with E-state index in [2.05, 4.69) is 0 Å². The minimum absolute atomic E-state index is 0.0156. The van der Waals surface area contributed by atoms with Crippen LogP contribution in [0, 0.1) is 0 Å². The number of rotatable bonds is 0. The lowest BCUT2D eigenvalue weighted by Crippen LogP contribution is -2.09. The SMILES string of the molecule is O=C1OC(Cl)(Cl)c2c(Cl)c(Cl)c(Cl)c(Cl)c21. The largest absolute Gasteiger partial charge is 0.420 e. The molecule has 86 valence electrons. The van der Waals surface area contributed by atoms with Crippen molar-refractivity contribution in [3.63, 3.8) is 0 Å². The van der Waals surface area contributed by atoms with E-state index < -0.39 is 10.5 Å². The predicted molar refractivity (Wildman–Crippen MR) is 65.3 cm³/mol. The van der Waals surface area contributed by atoms with Crippen molar-refractivity contribution in [2.45, 2.75) is 4.52 Å². The van der Waals surface area contributed by atoms with Gasteiger partial charge in [0.05, 0.1) is 31.2 Å². The summed E-state index contributed by atoms with van der Waals surface area (Å²) in [4.78, 5) is 11.5. The van der Waals surface area contributed by atoms with Crippen molar-refractivity contribution in [2.75, 3.05) is 0 Å². The van der Waals surface area contributed by atoms with Crippen molar-refractivity contribution in [1.82, 2.24) is 0 Å². The number of fused-ring (bicyclic) bond motifs is 1. The van der Waals surface area contributed by atoms with Crippen LogP contribution in [-0.2, 0) is 9.26 Å². The zero-order chi connectivity index (χ0) is 12.2. The zero-order valence-electron chi connectivity index (χ0n) is 7.08. The monoisotopic (exact) mass is 338 g/mol. The van der Waals surface area contributed by atoms with E-state index in [1.54, 1.807) is 0 Å². The van der Waals surface area contributed by atoms with E-state index in [0.717, 1.165) is 0 Å². The van der Waals surface area contributed by atoms with Crippen molar-refractivity contribution >= 4 is 75.6 Å². The smallest absolute Gasteiger partial charge is 0.343 e. The number of carbonyl (C=O) groups excluding carboxylic acids is 1. The maximum Gasteiger partial charge on any atom is 0.343 e. The molecule has 0 atom stereocenters. The highest BCUT2D eigenvalue weighted by Crippen LogP contribution is 2.53. The Morgan fingerprint density at radius 1 is 0.875 bits per heavy atom. The molecule has 0 unspecified atom stereocenters. The summed E-state index contributed by atoms with van der Waals surface area (Å²) in [6, 6.07) is 0. The minimum Gasteiger partial charge on any atom is -0.420 e. The number of alkyl halides is 2. The van der Waals surface area contributed by atoms with Gasteiger partial charge in [-0.2, -0.15) is 0 Å². The molecule has 0 saturated carbocycles. The number of halogens is 6. The summed E-state index contributed by atoms with van der Waals surface area (Å²) >= 11 is 34.9. The molecule has 0 radical (unpaired) electrons. The number of hydrogen-bond donors (Lipinski definition) is 0. The Morgan fingerprint density at radius 2 is 1.38 bits per heavy atom. The van der Waals surface area contributed by atoms with E-state index in [1.165, 1.54) is 0 Å². The molecule has 16 heavy (non-hydrogen) atoms. The Bertz CT molecular complexity index is 510. The minimum atomic E-state index is -1.90. The Kier molecular flexibility index (Phi) is 3.20. The van der Waals surface area contributed by atoms with Gasteiger partial charge in [0.1, 0.15) is 0 Å². The molecule has 0 saturated heterocycles. The molecule has 0 N–H and O–H groups in total. The summed E-state index contributed by atoms with van der Waals surface area (Å²) in [5.74, 6) is -0.800. The number of benzene rings is 1. The molecule has 0 fully saturated rings. The van der Waals surface area contributed by atoms with Crippen LogP contribution in [0.25, 0.3) is 0 Å². The number of carbonyl (C=O) groups is 1. The average Bonchev–Trinajstić information content (AvgIpc) is 2.42. The van der Waals surface area contributed by atoms with Gasteiger partial charge >= 0.3 is 5.97 Å². The Labute approximate surface area is 120 Å². The standard InChI is InChI=1S/C8Cl6O2/c9-3-1-2(4(10)6(12)5(3)11)8(13,14)16-7(1)15. The highest BCUT2D eigenvalue weighted by molar-refractivity contribution is 6.56. The maximum atomic E-state index is 11.5. The molecule has 1 aromatic carbocycles. The second-order valence-corrected chi connectivity index (χ2v) is 5.68. The number of hydrogen-bond acceptors (Lipinski definition) is 2. The molecule has 0 aromatic heterocycles. The fourth-order valence-corrected chi connectivity index (χ4v) is 2.99. The van der Waals surface area contributed by atoms with Crippen LogP contribution in [0.3, 0.4) is 0 Å². The molecule has 0 bridgehead atoms. The van der Waals surface area contributed by atoms with Gasteiger partial charge in [-0.3, -0.25) is 0 Å². The lowest BCUT2D eigenvalue weighted by atomic mass is 10.1. The van der Waals surface area contributed by atoms with Gasteiger partial charge in [0.2, 0.25) is 0 Å². The van der Waals surface area contributed by atoms with E-state index in [0.29, 0.717) is 0 Å². The van der Waals surface area contributed by atoms with Crippen LogP contribution in [0.4, 0.5) is 0 Å². The lowest BCUT2D eigenvalue weighted by molar-refractivity contribution is 0.0448. The summed E-state index contributed by atoms with van der Waals surface area (Å²) < 4.78 is 2.80. The maximum absolute atomic E-state index is 11.5. The summed E-state index contributed by atoms with van der Waals surface area (Å²) in [5.41, 5.74) is -0.0482. The molecular weight excluding hydrogens is 341 g/mol. The molecule has 0 amide bonds. The van der Waals surface area contributed by atoms with Crippen molar-refractivity contribution in [3.05, 3.63) is 31.2 Å². The highest BCUT2D eigenvalue weighted by Gasteiger charge is 2.47. The molecule has 0 spiro atoms. The Hall–Kier alpha value is 0.430. The predicted octanol–water partition coefficient (Wildman–Crippen LogP) is 5.06. The first-order chi connectivity index (χ1) is 7.27. The lowest BCUT2D eigenvalue weighted by Gasteiger charge is -2.14. The van der Waals surface area contributed by atoms with Crippen LogP contribution in [0.5, 0.6) is 0 Å². The van der Waals surface area contributed by atoms with Gasteiger partial charge in [0.25, 0.3) is 4.52 Å². The number of esters is 1. The summed E-state index contributed by atoms with van der Waals surface area (Å²) in [5, 5.41) is -0.215. The van der Waals surface area contributed by atoms with E-state index >= 15 is 0 Å². The van der Waals surface area contributed by atoms with Crippen LogP contribution < -0.4 is 0 Å². The molecule has 2 nitrogen and oxygen atoms in total. The van der Waals surface area contributed by atoms with Crippen molar-refractivity contribution < 1.29 is 9.53 Å². The fraction of sp³-hybridized carbons (Fsp3) is 0.125. The molecule has 8 heteroatoms. The molecule has 1 aliphatic heterocycles. The second kappa shape index (κ2) is 3.98. The first-order valence-electron chi connectivity index (χ1n) is 3.75. The van der Waals surface area contributed by atoms with E-state index in [1.807, 2.05) is 0 Å². The van der Waals surface area contributed by atoms with Crippen molar-refractivity contribution in [3.8, 4) is 0 Å². The second-order valence-electron chi connectivity index (χ2n) is 2.91. The number of ether oxygens (including phenoxy) is 1. The Balaban J connectivity index is 2.91. The van der Waals surface area contributed by atoms with Gasteiger partial charge in [-0.1, -0.05) is 69.6 Å². The zero-order valence-corrected chi connectivity index (χ0v) is 11.6. The van der Waals surface area contributed by atoms with Gasteiger partial charge < -0.3 is 4.74 Å². The van der Waals surface area contributed by atoms with Crippen molar-refractivity contribution in [1.29, 1.82) is 0 Å². The molecular formula is C8Cl6O2. The van der Waals surface area contributed by atoms with Crippen LogP contribution >= 0.6 is 69.6 Å². The van der Waals surface area contributed by atoms with E-state index in [9.17, 15) is 4.79 Å².